The first kappa shape index (κ1) is 21.8. The maximum atomic E-state index is 13.3. The molecule has 3 rings (SSSR count). The standard InChI is InChI=1S/C22H30N4O4/c1-22(2,3)30-21(29)26-11-10-18-17(15-26)19(23-24(18)4)20(28)25(12-13-27)14-16-8-6-5-7-9-16/h5-9,27H,10-15H2,1-4H3. The van der Waals surface area contributed by atoms with Crippen LogP contribution >= 0.6 is 0 Å². The molecule has 0 aliphatic carbocycles. The molecule has 2 aromatic rings. The number of aryl methyl sites for hydroxylation is 1. The number of amides is 2. The Morgan fingerprint density at radius 2 is 1.93 bits per heavy atom. The normalized spacial score (nSPS) is 13.7. The number of hydrogen-bond acceptors (Lipinski definition) is 5. The van der Waals surface area contributed by atoms with Gasteiger partial charge in [-0.3, -0.25) is 9.48 Å². The van der Waals surface area contributed by atoms with E-state index in [4.69, 9.17) is 4.74 Å². The van der Waals surface area contributed by atoms with Crippen LogP contribution in [0.3, 0.4) is 0 Å². The molecule has 0 unspecified atom stereocenters. The van der Waals surface area contributed by atoms with E-state index in [1.54, 1.807) is 14.5 Å². The molecular formula is C22H30N4O4. The van der Waals surface area contributed by atoms with E-state index in [0.29, 0.717) is 25.2 Å². The molecule has 162 valence electrons. The fraction of sp³-hybridized carbons (Fsp3) is 0.500. The molecule has 1 aliphatic rings. The van der Waals surface area contributed by atoms with Gasteiger partial charge in [0.1, 0.15) is 5.60 Å². The van der Waals surface area contributed by atoms with Crippen molar-refractivity contribution in [1.29, 1.82) is 0 Å². The predicted molar refractivity (Wildman–Crippen MR) is 112 cm³/mol. The van der Waals surface area contributed by atoms with E-state index >= 15 is 0 Å². The van der Waals surface area contributed by atoms with Crippen LogP contribution in [0.2, 0.25) is 0 Å². The Bertz CT molecular complexity index is 902. The third kappa shape index (κ3) is 4.99. The Balaban J connectivity index is 1.84. The summed E-state index contributed by atoms with van der Waals surface area (Å²) in [5, 5.41) is 14.0. The number of benzene rings is 1. The molecule has 1 aromatic carbocycles. The first-order chi connectivity index (χ1) is 14.2. The van der Waals surface area contributed by atoms with E-state index < -0.39 is 11.7 Å². The fourth-order valence-electron chi connectivity index (χ4n) is 3.57. The van der Waals surface area contributed by atoms with Gasteiger partial charge in [0, 0.05) is 44.4 Å². The van der Waals surface area contributed by atoms with Crippen LogP contribution in [0.1, 0.15) is 48.1 Å². The number of ether oxygens (including phenoxy) is 1. The van der Waals surface area contributed by atoms with Crippen LogP contribution in [0.15, 0.2) is 30.3 Å². The zero-order valence-electron chi connectivity index (χ0n) is 18.1. The first-order valence-electron chi connectivity index (χ1n) is 10.2. The third-order valence-electron chi connectivity index (χ3n) is 4.97. The molecule has 1 aliphatic heterocycles. The van der Waals surface area contributed by atoms with Crippen molar-refractivity contribution in [3.05, 3.63) is 52.8 Å². The van der Waals surface area contributed by atoms with Gasteiger partial charge in [-0.2, -0.15) is 5.10 Å². The van der Waals surface area contributed by atoms with Crippen molar-refractivity contribution in [3.63, 3.8) is 0 Å². The van der Waals surface area contributed by atoms with Gasteiger partial charge < -0.3 is 19.6 Å². The van der Waals surface area contributed by atoms with Crippen LogP contribution in [-0.2, 0) is 31.3 Å². The average molecular weight is 415 g/mol. The van der Waals surface area contributed by atoms with E-state index in [1.807, 2.05) is 58.2 Å². The predicted octanol–water partition coefficient (Wildman–Crippen LogP) is 2.35. The number of rotatable bonds is 5. The molecule has 0 radical (unpaired) electrons. The summed E-state index contributed by atoms with van der Waals surface area (Å²) in [5.41, 5.74) is 2.40. The molecule has 0 fully saturated rings. The van der Waals surface area contributed by atoms with Crippen molar-refractivity contribution in [2.45, 2.75) is 45.9 Å². The maximum Gasteiger partial charge on any atom is 0.410 e. The molecule has 0 saturated carbocycles. The highest BCUT2D eigenvalue weighted by molar-refractivity contribution is 5.94. The quantitative estimate of drug-likeness (QED) is 0.811. The van der Waals surface area contributed by atoms with E-state index in [9.17, 15) is 14.7 Å². The zero-order valence-corrected chi connectivity index (χ0v) is 18.1. The topological polar surface area (TPSA) is 87.9 Å². The number of nitrogens with zero attached hydrogens (tertiary/aromatic N) is 4. The molecule has 2 amide bonds. The maximum absolute atomic E-state index is 13.3. The minimum absolute atomic E-state index is 0.141. The molecule has 8 nitrogen and oxygen atoms in total. The molecule has 2 heterocycles. The van der Waals surface area contributed by atoms with Gasteiger partial charge in [-0.15, -0.1) is 0 Å². The lowest BCUT2D eigenvalue weighted by Crippen LogP contribution is -2.41. The Morgan fingerprint density at radius 3 is 2.57 bits per heavy atom. The van der Waals surface area contributed by atoms with Crippen LogP contribution < -0.4 is 0 Å². The summed E-state index contributed by atoms with van der Waals surface area (Å²) in [7, 11) is 1.81. The average Bonchev–Trinajstić information content (AvgIpc) is 3.02. The minimum Gasteiger partial charge on any atom is -0.444 e. The number of fused-ring (bicyclic) bond motifs is 1. The summed E-state index contributed by atoms with van der Waals surface area (Å²) in [6.07, 6.45) is 0.205. The highest BCUT2D eigenvalue weighted by Crippen LogP contribution is 2.25. The lowest BCUT2D eigenvalue weighted by molar-refractivity contribution is 0.0221. The van der Waals surface area contributed by atoms with E-state index in [2.05, 4.69) is 5.10 Å². The van der Waals surface area contributed by atoms with Crippen LogP contribution in [0.4, 0.5) is 4.79 Å². The molecule has 0 saturated heterocycles. The van der Waals surface area contributed by atoms with Crippen molar-refractivity contribution >= 4 is 12.0 Å². The molecule has 8 heteroatoms. The van der Waals surface area contributed by atoms with Gasteiger partial charge in [0.05, 0.1) is 13.2 Å². The number of carbonyl (C=O) groups is 2. The van der Waals surface area contributed by atoms with Gasteiger partial charge in [-0.1, -0.05) is 30.3 Å². The smallest absolute Gasteiger partial charge is 0.410 e. The lowest BCUT2D eigenvalue weighted by atomic mass is 10.0. The van der Waals surface area contributed by atoms with Crippen LogP contribution in [0.5, 0.6) is 0 Å². The molecule has 1 aromatic heterocycles. The number of aliphatic hydroxyl groups is 1. The number of hydrogen-bond donors (Lipinski definition) is 1. The van der Waals surface area contributed by atoms with Gasteiger partial charge in [0.15, 0.2) is 5.69 Å². The fourth-order valence-corrected chi connectivity index (χ4v) is 3.57. The van der Waals surface area contributed by atoms with Crippen LogP contribution in [0, 0.1) is 0 Å². The largest absolute Gasteiger partial charge is 0.444 e. The molecular weight excluding hydrogens is 384 g/mol. The van der Waals surface area contributed by atoms with Crippen molar-refractivity contribution < 1.29 is 19.4 Å². The lowest BCUT2D eigenvalue weighted by Gasteiger charge is -2.30. The van der Waals surface area contributed by atoms with E-state index in [1.165, 1.54) is 0 Å². The van der Waals surface area contributed by atoms with Crippen molar-refractivity contribution in [2.75, 3.05) is 19.7 Å². The highest BCUT2D eigenvalue weighted by atomic mass is 16.6. The molecule has 0 atom stereocenters. The van der Waals surface area contributed by atoms with Crippen molar-refractivity contribution in [2.24, 2.45) is 7.05 Å². The van der Waals surface area contributed by atoms with Gasteiger partial charge in [-0.25, -0.2) is 4.79 Å². The summed E-state index contributed by atoms with van der Waals surface area (Å²) < 4.78 is 7.21. The summed E-state index contributed by atoms with van der Waals surface area (Å²) in [5.74, 6) is -0.254. The Hall–Kier alpha value is -2.87. The minimum atomic E-state index is -0.585. The van der Waals surface area contributed by atoms with Gasteiger partial charge in [0.25, 0.3) is 5.91 Å². The summed E-state index contributed by atoms with van der Waals surface area (Å²) in [6.45, 7) is 6.71. The van der Waals surface area contributed by atoms with Crippen LogP contribution in [-0.4, -0.2) is 62.0 Å². The second kappa shape index (κ2) is 8.87. The molecule has 0 spiro atoms. The van der Waals surface area contributed by atoms with Crippen molar-refractivity contribution in [1.82, 2.24) is 19.6 Å². The van der Waals surface area contributed by atoms with Gasteiger partial charge in [-0.05, 0) is 26.3 Å². The van der Waals surface area contributed by atoms with Gasteiger partial charge in [0.2, 0.25) is 0 Å². The molecule has 0 bridgehead atoms. The van der Waals surface area contributed by atoms with E-state index in [-0.39, 0.29) is 25.6 Å². The Labute approximate surface area is 177 Å². The van der Waals surface area contributed by atoms with Crippen LogP contribution in [0.25, 0.3) is 0 Å². The molecule has 30 heavy (non-hydrogen) atoms. The third-order valence-corrected chi connectivity index (χ3v) is 4.97. The van der Waals surface area contributed by atoms with Gasteiger partial charge >= 0.3 is 6.09 Å². The Morgan fingerprint density at radius 1 is 1.23 bits per heavy atom. The Kier molecular flexibility index (Phi) is 6.45. The monoisotopic (exact) mass is 414 g/mol. The summed E-state index contributed by atoms with van der Waals surface area (Å²) in [4.78, 5) is 29.1. The highest BCUT2D eigenvalue weighted by Gasteiger charge is 2.32. The number of aliphatic hydroxyl groups excluding tert-OH is 1. The van der Waals surface area contributed by atoms with Crippen molar-refractivity contribution in [3.8, 4) is 0 Å². The number of aromatic nitrogens is 2. The first-order valence-corrected chi connectivity index (χ1v) is 10.2. The SMILES string of the molecule is Cn1nc(C(=O)N(CCO)Cc2ccccc2)c2c1CCN(C(=O)OC(C)(C)C)C2. The summed E-state index contributed by atoms with van der Waals surface area (Å²) >= 11 is 0. The second-order valence-electron chi connectivity index (χ2n) is 8.49. The van der Waals surface area contributed by atoms with E-state index in [0.717, 1.165) is 16.8 Å². The zero-order chi connectivity index (χ0) is 21.9. The second-order valence-corrected chi connectivity index (χ2v) is 8.49. The summed E-state index contributed by atoms with van der Waals surface area (Å²) in [6, 6.07) is 9.63. The number of carbonyl (C=O) groups excluding carboxylic acids is 2. The molecule has 1 N–H and O–H groups in total.